The van der Waals surface area contributed by atoms with Gasteiger partial charge in [0.25, 0.3) is 0 Å². The van der Waals surface area contributed by atoms with Gasteiger partial charge >= 0.3 is 0 Å². The van der Waals surface area contributed by atoms with E-state index in [0.29, 0.717) is 0 Å². The Kier molecular flexibility index (Phi) is 9.90. The van der Waals surface area contributed by atoms with Gasteiger partial charge in [-0.05, 0) is 49.4 Å². The highest BCUT2D eigenvalue weighted by Gasteiger charge is 2.15. The number of thioether (sulfide) groups is 1. The Labute approximate surface area is 142 Å². The van der Waals surface area contributed by atoms with Crippen molar-refractivity contribution in [1.29, 1.82) is 0 Å². The highest BCUT2D eigenvalue weighted by Crippen LogP contribution is 2.19. The molecule has 0 fully saturated rings. The standard InChI is InChI=1S/C13H23N3S2.HI/c1-5-14-12(16-10-13(2,3)17-4)15-8-11-6-7-18-9-11;/h6-7,9H,5,8,10H2,1-4H3,(H2,14,15,16);1H. The first-order valence-electron chi connectivity index (χ1n) is 6.16. The van der Waals surface area contributed by atoms with Crippen molar-refractivity contribution in [2.75, 3.05) is 19.3 Å². The first kappa shape index (κ1) is 19.1. The van der Waals surface area contributed by atoms with Gasteiger partial charge in [0.1, 0.15) is 0 Å². The van der Waals surface area contributed by atoms with Crippen LogP contribution in [0.4, 0.5) is 0 Å². The molecule has 2 N–H and O–H groups in total. The molecule has 6 heteroatoms. The van der Waals surface area contributed by atoms with Gasteiger partial charge in [0.15, 0.2) is 5.96 Å². The SMILES string of the molecule is CCNC(=NCc1ccsc1)NCC(C)(C)SC.I. The molecule has 0 amide bonds. The summed E-state index contributed by atoms with van der Waals surface area (Å²) in [5, 5.41) is 10.9. The summed E-state index contributed by atoms with van der Waals surface area (Å²) in [6.07, 6.45) is 2.14. The van der Waals surface area contributed by atoms with Crippen molar-refractivity contribution in [2.24, 2.45) is 4.99 Å². The van der Waals surface area contributed by atoms with Crippen LogP contribution < -0.4 is 10.6 Å². The number of hydrogen-bond donors (Lipinski definition) is 2. The van der Waals surface area contributed by atoms with Gasteiger partial charge in [0.05, 0.1) is 6.54 Å². The molecule has 110 valence electrons. The van der Waals surface area contributed by atoms with E-state index in [1.165, 1.54) is 5.56 Å². The van der Waals surface area contributed by atoms with Gasteiger partial charge in [-0.25, -0.2) is 4.99 Å². The monoisotopic (exact) mass is 413 g/mol. The summed E-state index contributed by atoms with van der Waals surface area (Å²) >= 11 is 3.57. The summed E-state index contributed by atoms with van der Waals surface area (Å²) in [5.41, 5.74) is 1.27. The van der Waals surface area contributed by atoms with Crippen LogP contribution in [0.2, 0.25) is 0 Å². The van der Waals surface area contributed by atoms with E-state index < -0.39 is 0 Å². The maximum atomic E-state index is 4.59. The molecule has 1 heterocycles. The average molecular weight is 413 g/mol. The molecule has 0 spiro atoms. The molecule has 0 unspecified atom stereocenters. The Bertz CT molecular complexity index is 364. The molecule has 19 heavy (non-hydrogen) atoms. The second kappa shape index (κ2) is 9.88. The fraction of sp³-hybridized carbons (Fsp3) is 0.615. The van der Waals surface area contributed by atoms with E-state index in [9.17, 15) is 0 Å². The van der Waals surface area contributed by atoms with Gasteiger partial charge in [-0.1, -0.05) is 0 Å². The summed E-state index contributed by atoms with van der Waals surface area (Å²) in [4.78, 5) is 4.59. The molecule has 0 aliphatic rings. The van der Waals surface area contributed by atoms with Crippen LogP contribution in [-0.4, -0.2) is 30.1 Å². The van der Waals surface area contributed by atoms with Gasteiger partial charge in [-0.3, -0.25) is 0 Å². The summed E-state index contributed by atoms with van der Waals surface area (Å²) in [5.74, 6) is 0.894. The van der Waals surface area contributed by atoms with Crippen LogP contribution in [-0.2, 0) is 6.54 Å². The number of guanidine groups is 1. The average Bonchev–Trinajstić information content (AvgIpc) is 2.86. The van der Waals surface area contributed by atoms with Crippen molar-refractivity contribution in [1.82, 2.24) is 10.6 Å². The summed E-state index contributed by atoms with van der Waals surface area (Å²) in [6.45, 7) is 9.07. The van der Waals surface area contributed by atoms with E-state index in [4.69, 9.17) is 0 Å². The smallest absolute Gasteiger partial charge is 0.191 e. The molecule has 0 saturated carbocycles. The topological polar surface area (TPSA) is 36.4 Å². The Morgan fingerprint density at radius 2 is 2.16 bits per heavy atom. The second-order valence-electron chi connectivity index (χ2n) is 4.64. The lowest BCUT2D eigenvalue weighted by molar-refractivity contribution is 0.665. The molecule has 1 aromatic heterocycles. The lowest BCUT2D eigenvalue weighted by atomic mass is 10.2. The molecule has 0 aliphatic carbocycles. The number of aliphatic imine (C=N–C) groups is 1. The maximum Gasteiger partial charge on any atom is 0.191 e. The van der Waals surface area contributed by atoms with E-state index in [0.717, 1.165) is 25.6 Å². The van der Waals surface area contributed by atoms with Crippen LogP contribution in [0.3, 0.4) is 0 Å². The van der Waals surface area contributed by atoms with Crippen LogP contribution in [0.1, 0.15) is 26.3 Å². The maximum absolute atomic E-state index is 4.59. The Morgan fingerprint density at radius 1 is 1.42 bits per heavy atom. The van der Waals surface area contributed by atoms with Crippen LogP contribution >= 0.6 is 47.1 Å². The lowest BCUT2D eigenvalue weighted by Gasteiger charge is -2.23. The van der Waals surface area contributed by atoms with Gasteiger partial charge in [0, 0.05) is 17.8 Å². The first-order chi connectivity index (χ1) is 8.57. The first-order valence-corrected chi connectivity index (χ1v) is 8.32. The fourth-order valence-electron chi connectivity index (χ4n) is 1.26. The molecule has 0 aliphatic heterocycles. The zero-order valence-corrected chi connectivity index (χ0v) is 16.0. The highest BCUT2D eigenvalue weighted by molar-refractivity contribution is 14.0. The molecular weight excluding hydrogens is 389 g/mol. The van der Waals surface area contributed by atoms with Crippen LogP contribution in [0.5, 0.6) is 0 Å². The highest BCUT2D eigenvalue weighted by atomic mass is 127. The Morgan fingerprint density at radius 3 is 2.68 bits per heavy atom. The fourth-order valence-corrected chi connectivity index (χ4v) is 2.14. The van der Waals surface area contributed by atoms with Gasteiger partial charge in [0.2, 0.25) is 0 Å². The van der Waals surface area contributed by atoms with E-state index in [1.807, 2.05) is 11.8 Å². The third kappa shape index (κ3) is 8.04. The zero-order valence-electron chi connectivity index (χ0n) is 12.0. The molecular formula is C13H24IN3S2. The van der Waals surface area contributed by atoms with Crippen molar-refractivity contribution in [3.63, 3.8) is 0 Å². The largest absolute Gasteiger partial charge is 0.357 e. The van der Waals surface area contributed by atoms with Gasteiger partial charge in [-0.2, -0.15) is 23.1 Å². The predicted molar refractivity (Wildman–Crippen MR) is 100 cm³/mol. The normalized spacial score (nSPS) is 11.9. The number of hydrogen-bond acceptors (Lipinski definition) is 3. The quantitative estimate of drug-likeness (QED) is 0.425. The Balaban J connectivity index is 0.00000324. The van der Waals surface area contributed by atoms with Crippen LogP contribution in [0, 0.1) is 0 Å². The minimum absolute atomic E-state index is 0. The molecule has 1 rings (SSSR count). The van der Waals surface area contributed by atoms with Crippen molar-refractivity contribution >= 4 is 53.0 Å². The minimum atomic E-state index is 0. The van der Waals surface area contributed by atoms with E-state index in [2.05, 4.69) is 59.5 Å². The second-order valence-corrected chi connectivity index (χ2v) is 6.94. The molecule has 0 atom stereocenters. The summed E-state index contributed by atoms with van der Waals surface area (Å²) < 4.78 is 0.221. The number of nitrogens with one attached hydrogen (secondary N) is 2. The molecule has 1 aromatic rings. The van der Waals surface area contributed by atoms with Gasteiger partial charge in [-0.15, -0.1) is 24.0 Å². The predicted octanol–water partition coefficient (Wildman–Crippen LogP) is 3.56. The third-order valence-corrected chi connectivity index (χ3v) is 4.56. The molecule has 0 saturated heterocycles. The van der Waals surface area contributed by atoms with Gasteiger partial charge < -0.3 is 10.6 Å². The van der Waals surface area contributed by atoms with Crippen molar-refractivity contribution in [3.05, 3.63) is 22.4 Å². The minimum Gasteiger partial charge on any atom is -0.357 e. The number of thiophene rings is 1. The van der Waals surface area contributed by atoms with Crippen molar-refractivity contribution in [3.8, 4) is 0 Å². The van der Waals surface area contributed by atoms with Crippen molar-refractivity contribution < 1.29 is 0 Å². The van der Waals surface area contributed by atoms with Crippen LogP contribution in [0.25, 0.3) is 0 Å². The number of nitrogens with zero attached hydrogens (tertiary/aromatic N) is 1. The molecule has 0 radical (unpaired) electrons. The number of halogens is 1. The van der Waals surface area contributed by atoms with Crippen LogP contribution in [0.15, 0.2) is 21.8 Å². The molecule has 0 aromatic carbocycles. The molecule has 3 nitrogen and oxygen atoms in total. The summed E-state index contributed by atoms with van der Waals surface area (Å²) in [7, 11) is 0. The van der Waals surface area contributed by atoms with E-state index in [-0.39, 0.29) is 28.7 Å². The molecule has 0 bridgehead atoms. The van der Waals surface area contributed by atoms with E-state index >= 15 is 0 Å². The van der Waals surface area contributed by atoms with Crippen molar-refractivity contribution in [2.45, 2.75) is 32.1 Å². The number of rotatable bonds is 6. The Hall–Kier alpha value is 0.0500. The zero-order chi connectivity index (χ0) is 13.4. The summed E-state index contributed by atoms with van der Waals surface area (Å²) in [6, 6.07) is 2.11. The lowest BCUT2D eigenvalue weighted by Crippen LogP contribution is -2.43. The third-order valence-electron chi connectivity index (χ3n) is 2.58. The van der Waals surface area contributed by atoms with E-state index in [1.54, 1.807) is 11.3 Å².